The molecule has 0 bridgehead atoms. The van der Waals surface area contributed by atoms with Crippen LogP contribution >= 0.6 is 15.9 Å². The van der Waals surface area contributed by atoms with Crippen LogP contribution in [0.3, 0.4) is 0 Å². The molecule has 0 aromatic carbocycles. The highest BCUT2D eigenvalue weighted by atomic mass is 79.9. The molecule has 6 heteroatoms. The molecule has 0 aliphatic carbocycles. The Morgan fingerprint density at radius 1 is 1.62 bits per heavy atom. The van der Waals surface area contributed by atoms with Gasteiger partial charge in [-0.15, -0.1) is 0 Å². The Balaban J connectivity index is 2.37. The molecule has 2 rings (SSSR count). The van der Waals surface area contributed by atoms with Crippen LogP contribution in [0.2, 0.25) is 0 Å². The summed E-state index contributed by atoms with van der Waals surface area (Å²) in [5.74, 6) is 1.11. The number of hydrogen-bond acceptors (Lipinski definition) is 3. The van der Waals surface area contributed by atoms with Crippen LogP contribution in [0.15, 0.2) is 20.7 Å². The second-order valence-electron chi connectivity index (χ2n) is 3.44. The van der Waals surface area contributed by atoms with Gasteiger partial charge in [0.25, 0.3) is 5.91 Å². The lowest BCUT2D eigenvalue weighted by molar-refractivity contribution is -0.115. The van der Waals surface area contributed by atoms with E-state index in [4.69, 9.17) is 9.83 Å². The third-order valence-electron chi connectivity index (χ3n) is 2.32. The van der Waals surface area contributed by atoms with Gasteiger partial charge in [-0.3, -0.25) is 15.5 Å². The van der Waals surface area contributed by atoms with Crippen LogP contribution in [0.1, 0.15) is 11.5 Å². The Hall–Kier alpha value is -1.56. The molecule has 1 aliphatic rings. The number of guanidine groups is 1. The van der Waals surface area contributed by atoms with Crippen molar-refractivity contribution in [3.8, 4) is 0 Å². The second kappa shape index (κ2) is 3.79. The lowest BCUT2D eigenvalue weighted by Gasteiger charge is -2.07. The van der Waals surface area contributed by atoms with Crippen LogP contribution < -0.4 is 5.32 Å². The molecule has 0 saturated carbocycles. The molecular weight excluding hydrogens is 274 g/mol. The first-order chi connectivity index (χ1) is 7.49. The summed E-state index contributed by atoms with van der Waals surface area (Å²) in [4.78, 5) is 12.9. The highest BCUT2D eigenvalue weighted by Crippen LogP contribution is 2.23. The average Bonchev–Trinajstić information content (AvgIpc) is 2.63. The van der Waals surface area contributed by atoms with Gasteiger partial charge in [0.1, 0.15) is 17.2 Å². The van der Waals surface area contributed by atoms with Gasteiger partial charge in [0.2, 0.25) is 5.96 Å². The van der Waals surface area contributed by atoms with Crippen LogP contribution in [0.25, 0.3) is 6.08 Å². The van der Waals surface area contributed by atoms with Crippen molar-refractivity contribution >= 4 is 33.9 Å². The number of likely N-dealkylation sites (N-methyl/N-ethyl adjacent to an activating group) is 1. The molecule has 2 N–H and O–H groups in total. The second-order valence-corrected chi connectivity index (χ2v) is 4.30. The van der Waals surface area contributed by atoms with Crippen molar-refractivity contribution < 1.29 is 9.21 Å². The number of amides is 1. The topological polar surface area (TPSA) is 69.3 Å². The van der Waals surface area contributed by atoms with E-state index in [-0.39, 0.29) is 11.9 Å². The maximum Gasteiger partial charge on any atom is 0.274 e. The van der Waals surface area contributed by atoms with Gasteiger partial charge in [-0.1, -0.05) is 0 Å². The molecular formula is C10H10BrN3O2. The van der Waals surface area contributed by atoms with E-state index in [0.29, 0.717) is 11.5 Å². The maximum atomic E-state index is 11.5. The minimum Gasteiger partial charge on any atom is -0.461 e. The summed E-state index contributed by atoms with van der Waals surface area (Å²) in [5.41, 5.74) is 0.395. The third-order valence-corrected chi connectivity index (χ3v) is 3.10. The Morgan fingerprint density at radius 2 is 2.31 bits per heavy atom. The number of carbonyl (C=O) groups excluding carboxylic acids is 1. The van der Waals surface area contributed by atoms with E-state index in [9.17, 15) is 4.79 Å². The van der Waals surface area contributed by atoms with E-state index in [2.05, 4.69) is 21.2 Å². The molecule has 1 aromatic heterocycles. The fourth-order valence-corrected chi connectivity index (χ4v) is 1.68. The van der Waals surface area contributed by atoms with E-state index in [1.165, 1.54) is 4.90 Å². The van der Waals surface area contributed by atoms with Gasteiger partial charge in [0, 0.05) is 13.1 Å². The first-order valence-corrected chi connectivity index (χ1v) is 5.39. The number of halogens is 1. The van der Waals surface area contributed by atoms with Crippen molar-refractivity contribution in [1.29, 1.82) is 5.41 Å². The lowest BCUT2D eigenvalue weighted by atomic mass is 10.3. The number of carbonyl (C=O) groups is 1. The number of nitrogens with one attached hydrogen (secondary N) is 2. The standard InChI is InChI=1S/C10H10BrN3O2/c1-5-7(11)3-6(16-5)4-8-9(15)13-10(12)14(8)2/h3-4H,1-2H3,(H2,12,13,15)/b8-4-. The first-order valence-electron chi connectivity index (χ1n) is 4.60. The summed E-state index contributed by atoms with van der Waals surface area (Å²) in [6, 6.07) is 1.78. The number of furan rings is 1. The molecule has 0 spiro atoms. The smallest absolute Gasteiger partial charge is 0.274 e. The Bertz CT molecular complexity index is 485. The zero-order valence-corrected chi connectivity index (χ0v) is 10.4. The number of aryl methyl sites for hydroxylation is 1. The van der Waals surface area contributed by atoms with E-state index >= 15 is 0 Å². The fraction of sp³-hybridized carbons (Fsp3) is 0.200. The molecule has 1 saturated heterocycles. The van der Waals surface area contributed by atoms with E-state index in [1.807, 2.05) is 6.92 Å². The highest BCUT2D eigenvalue weighted by molar-refractivity contribution is 9.10. The molecule has 1 aliphatic heterocycles. The summed E-state index contributed by atoms with van der Waals surface area (Å²) in [7, 11) is 1.65. The Kier molecular flexibility index (Phi) is 2.59. The predicted molar refractivity (Wildman–Crippen MR) is 62.8 cm³/mol. The summed E-state index contributed by atoms with van der Waals surface area (Å²) in [5, 5.41) is 9.85. The van der Waals surface area contributed by atoms with Gasteiger partial charge >= 0.3 is 0 Å². The largest absolute Gasteiger partial charge is 0.461 e. The Morgan fingerprint density at radius 3 is 2.75 bits per heavy atom. The van der Waals surface area contributed by atoms with Gasteiger partial charge in [-0.25, -0.2) is 0 Å². The summed E-state index contributed by atoms with van der Waals surface area (Å²) in [6.07, 6.45) is 1.61. The molecule has 1 amide bonds. The van der Waals surface area contributed by atoms with Crippen molar-refractivity contribution in [1.82, 2.24) is 10.2 Å². The molecule has 1 fully saturated rings. The minimum absolute atomic E-state index is 0.0681. The number of hydrogen-bond donors (Lipinski definition) is 2. The van der Waals surface area contributed by atoms with Gasteiger partial charge < -0.3 is 9.32 Å². The highest BCUT2D eigenvalue weighted by Gasteiger charge is 2.27. The zero-order valence-electron chi connectivity index (χ0n) is 8.80. The van der Waals surface area contributed by atoms with Crippen molar-refractivity contribution in [3.05, 3.63) is 27.8 Å². The normalized spacial score (nSPS) is 18.4. The molecule has 5 nitrogen and oxygen atoms in total. The number of rotatable bonds is 1. The molecule has 0 unspecified atom stereocenters. The lowest BCUT2D eigenvalue weighted by Crippen LogP contribution is -2.25. The van der Waals surface area contributed by atoms with Gasteiger partial charge in [-0.05, 0) is 28.9 Å². The molecule has 84 valence electrons. The van der Waals surface area contributed by atoms with Crippen molar-refractivity contribution in [3.63, 3.8) is 0 Å². The maximum absolute atomic E-state index is 11.5. The summed E-state index contributed by atoms with van der Waals surface area (Å²) >= 11 is 3.33. The third kappa shape index (κ3) is 1.76. The van der Waals surface area contributed by atoms with Crippen molar-refractivity contribution in [2.75, 3.05) is 7.05 Å². The summed E-state index contributed by atoms with van der Waals surface area (Å²) < 4.78 is 6.26. The summed E-state index contributed by atoms with van der Waals surface area (Å²) in [6.45, 7) is 1.83. The van der Waals surface area contributed by atoms with Gasteiger partial charge in [0.15, 0.2) is 0 Å². The predicted octanol–water partition coefficient (Wildman–Crippen LogP) is 1.69. The van der Waals surface area contributed by atoms with Crippen molar-refractivity contribution in [2.45, 2.75) is 6.92 Å². The van der Waals surface area contributed by atoms with Gasteiger partial charge in [0.05, 0.1) is 4.47 Å². The van der Waals surface area contributed by atoms with Crippen LogP contribution in [0.4, 0.5) is 0 Å². The first kappa shape index (κ1) is 10.9. The molecule has 2 heterocycles. The van der Waals surface area contributed by atoms with Crippen LogP contribution in [0.5, 0.6) is 0 Å². The average molecular weight is 284 g/mol. The zero-order chi connectivity index (χ0) is 11.9. The minimum atomic E-state index is -0.294. The molecule has 1 aromatic rings. The quantitative estimate of drug-likeness (QED) is 0.771. The molecule has 0 radical (unpaired) electrons. The van der Waals surface area contributed by atoms with E-state index in [1.54, 1.807) is 19.2 Å². The SMILES string of the molecule is Cc1oc(/C=C2/C(=O)NC(=N)N2C)cc1Br. The van der Waals surface area contributed by atoms with Crippen molar-refractivity contribution in [2.24, 2.45) is 0 Å². The fourth-order valence-electron chi connectivity index (χ4n) is 1.38. The van der Waals surface area contributed by atoms with Crippen LogP contribution in [0, 0.1) is 12.3 Å². The van der Waals surface area contributed by atoms with Crippen LogP contribution in [-0.4, -0.2) is 23.8 Å². The van der Waals surface area contributed by atoms with E-state index < -0.39 is 0 Å². The molecule has 0 atom stereocenters. The number of nitrogens with zero attached hydrogens (tertiary/aromatic N) is 1. The molecule has 16 heavy (non-hydrogen) atoms. The van der Waals surface area contributed by atoms with E-state index in [0.717, 1.165) is 10.2 Å². The monoisotopic (exact) mass is 283 g/mol. The van der Waals surface area contributed by atoms with Crippen LogP contribution in [-0.2, 0) is 4.79 Å². The Labute approximate surface area is 101 Å². The van der Waals surface area contributed by atoms with Gasteiger partial charge in [-0.2, -0.15) is 0 Å².